The van der Waals surface area contributed by atoms with Gasteiger partial charge < -0.3 is 30.1 Å². The Morgan fingerprint density at radius 1 is 0.976 bits per heavy atom. The van der Waals surface area contributed by atoms with Crippen molar-refractivity contribution < 1.29 is 34.1 Å². The summed E-state index contributed by atoms with van der Waals surface area (Å²) in [5, 5.41) is 21.2. The number of hydrogen-bond donors (Lipinski definition) is 3. The molecule has 0 saturated carbocycles. The van der Waals surface area contributed by atoms with E-state index in [4.69, 9.17) is 4.74 Å². The lowest BCUT2D eigenvalue weighted by molar-refractivity contribution is -0.138. The number of ether oxygens (including phenoxy) is 1. The van der Waals surface area contributed by atoms with Crippen LogP contribution in [0.1, 0.15) is 67.9 Å². The van der Waals surface area contributed by atoms with Crippen LogP contribution in [0.2, 0.25) is 0 Å². The molecule has 1 aliphatic rings. The number of benzene rings is 1. The van der Waals surface area contributed by atoms with Gasteiger partial charge in [-0.1, -0.05) is 50.1 Å². The monoisotopic (exact) mass is 582 g/mol. The molecule has 1 fully saturated rings. The maximum absolute atomic E-state index is 13.5. The van der Waals surface area contributed by atoms with Gasteiger partial charge in [0.25, 0.3) is 5.91 Å². The lowest BCUT2D eigenvalue weighted by Crippen LogP contribution is -2.56. The van der Waals surface area contributed by atoms with Gasteiger partial charge in [-0.25, -0.2) is 9.78 Å². The number of carboxylic acid groups (broad SMARTS) is 1. The number of unbranched alkanes of at least 4 members (excludes halogenated alkanes) is 3. The topological polar surface area (TPSA) is 149 Å². The fraction of sp³-hybridized carbons (Fsp3) is 0.516. The van der Waals surface area contributed by atoms with Crippen LogP contribution in [0.5, 0.6) is 0 Å². The predicted octanol–water partition coefficient (Wildman–Crippen LogP) is 3.50. The molecule has 0 aliphatic carbocycles. The molecule has 1 aliphatic heterocycles. The summed E-state index contributed by atoms with van der Waals surface area (Å²) < 4.78 is 5.32. The van der Waals surface area contributed by atoms with Gasteiger partial charge in [-0.15, -0.1) is 0 Å². The molecule has 1 atom stereocenters. The molecular weight excluding hydrogens is 540 g/mol. The van der Waals surface area contributed by atoms with Crippen molar-refractivity contribution in [3.8, 4) is 11.3 Å². The first-order valence-electron chi connectivity index (χ1n) is 14.7. The Balaban J connectivity index is 1.71. The minimum atomic E-state index is -1.08. The maximum atomic E-state index is 13.5. The zero-order valence-corrected chi connectivity index (χ0v) is 24.3. The second-order valence-electron chi connectivity index (χ2n) is 10.4. The molecular formula is C31H42N4O7. The Kier molecular flexibility index (Phi) is 13.2. The summed E-state index contributed by atoms with van der Waals surface area (Å²) in [7, 11) is 0. The first kappa shape index (κ1) is 32.5. The minimum Gasteiger partial charge on any atom is -0.481 e. The molecule has 2 heterocycles. The number of carbonyl (C=O) groups is 4. The summed E-state index contributed by atoms with van der Waals surface area (Å²) in [6.07, 6.45) is 4.01. The quantitative estimate of drug-likeness (QED) is 0.270. The zero-order chi connectivity index (χ0) is 30.3. The van der Waals surface area contributed by atoms with Crippen LogP contribution in [-0.2, 0) is 20.7 Å². The van der Waals surface area contributed by atoms with Crippen LogP contribution < -0.4 is 5.32 Å². The number of amides is 3. The van der Waals surface area contributed by atoms with Crippen molar-refractivity contribution in [1.29, 1.82) is 0 Å². The van der Waals surface area contributed by atoms with Gasteiger partial charge in [-0.2, -0.15) is 0 Å². The molecule has 0 spiro atoms. The van der Waals surface area contributed by atoms with E-state index in [0.717, 1.165) is 36.8 Å². The number of aliphatic hydroxyl groups excluding tert-OH is 1. The van der Waals surface area contributed by atoms with Crippen LogP contribution >= 0.6 is 0 Å². The van der Waals surface area contributed by atoms with Crippen LogP contribution in [0, 0.1) is 0 Å². The second-order valence-corrected chi connectivity index (χ2v) is 10.4. The van der Waals surface area contributed by atoms with E-state index >= 15 is 0 Å². The first-order valence-corrected chi connectivity index (χ1v) is 14.7. The van der Waals surface area contributed by atoms with Crippen molar-refractivity contribution >= 4 is 23.9 Å². The highest BCUT2D eigenvalue weighted by Crippen LogP contribution is 2.21. The highest BCUT2D eigenvalue weighted by molar-refractivity contribution is 5.97. The molecule has 42 heavy (non-hydrogen) atoms. The smallest absolute Gasteiger partial charge is 0.409 e. The third kappa shape index (κ3) is 10.1. The molecule has 1 aromatic heterocycles. The van der Waals surface area contributed by atoms with Gasteiger partial charge in [0.15, 0.2) is 0 Å². The Hall–Kier alpha value is -3.99. The molecule has 0 unspecified atom stereocenters. The van der Waals surface area contributed by atoms with Gasteiger partial charge >= 0.3 is 12.1 Å². The number of piperazine rings is 1. The fourth-order valence-electron chi connectivity index (χ4n) is 4.74. The van der Waals surface area contributed by atoms with E-state index in [1.807, 2.05) is 36.4 Å². The minimum absolute atomic E-state index is 0.0751. The molecule has 3 amide bonds. The van der Waals surface area contributed by atoms with Gasteiger partial charge in [-0.3, -0.25) is 14.4 Å². The first-order chi connectivity index (χ1) is 20.3. The normalized spacial score (nSPS) is 13.9. The Morgan fingerprint density at radius 2 is 1.69 bits per heavy atom. The number of hydrogen-bond acceptors (Lipinski definition) is 7. The molecule has 0 radical (unpaired) electrons. The fourth-order valence-corrected chi connectivity index (χ4v) is 4.74. The number of aliphatic carboxylic acids is 1. The van der Waals surface area contributed by atoms with Crippen molar-refractivity contribution in [2.45, 2.75) is 64.3 Å². The van der Waals surface area contributed by atoms with Gasteiger partial charge in [-0.05, 0) is 49.8 Å². The van der Waals surface area contributed by atoms with E-state index in [1.165, 1.54) is 0 Å². The summed E-state index contributed by atoms with van der Waals surface area (Å²) in [4.78, 5) is 58.3. The number of pyridine rings is 1. The number of aryl methyl sites for hydroxylation is 1. The highest BCUT2D eigenvalue weighted by atomic mass is 16.6. The Labute approximate surface area is 246 Å². The molecule has 228 valence electrons. The van der Waals surface area contributed by atoms with E-state index in [9.17, 15) is 29.4 Å². The van der Waals surface area contributed by atoms with E-state index < -0.39 is 29.9 Å². The molecule has 0 bridgehead atoms. The SMILES string of the molecule is CCCCCOC(=O)N1CCN(C(=O)[C@H](CCC(=O)O)NC(=O)c2cc(CCCCO)cc(-c3ccccc3)n2)CC1. The number of nitrogens with one attached hydrogen (secondary N) is 1. The molecule has 2 aromatic rings. The van der Waals surface area contributed by atoms with Gasteiger partial charge in [0.1, 0.15) is 11.7 Å². The van der Waals surface area contributed by atoms with E-state index in [0.29, 0.717) is 25.1 Å². The number of rotatable bonds is 15. The molecule has 1 aromatic carbocycles. The van der Waals surface area contributed by atoms with Crippen molar-refractivity contribution in [1.82, 2.24) is 20.1 Å². The molecule has 3 rings (SSSR count). The van der Waals surface area contributed by atoms with Crippen LogP contribution in [0.25, 0.3) is 11.3 Å². The summed E-state index contributed by atoms with van der Waals surface area (Å²) in [6, 6.07) is 11.9. The summed E-state index contributed by atoms with van der Waals surface area (Å²) in [6.45, 7) is 3.58. The van der Waals surface area contributed by atoms with Crippen molar-refractivity contribution in [2.75, 3.05) is 39.4 Å². The van der Waals surface area contributed by atoms with Crippen molar-refractivity contribution in [3.63, 3.8) is 0 Å². The molecule has 1 saturated heterocycles. The van der Waals surface area contributed by atoms with Gasteiger partial charge in [0.05, 0.1) is 12.3 Å². The molecule has 11 heteroatoms. The standard InChI is InChI=1S/C31H42N4O7/c1-2-3-9-20-42-31(41)35-17-15-34(16-18-35)30(40)25(13-14-28(37)38)33-29(39)27-22-23(10-7-8-19-36)21-26(32-27)24-11-5-4-6-12-24/h4-6,11-12,21-22,25,36H,2-3,7-10,13-20H2,1H3,(H,33,39)(H,37,38)/t25-/m0/s1. The third-order valence-electron chi connectivity index (χ3n) is 7.13. The Morgan fingerprint density at radius 3 is 2.36 bits per heavy atom. The summed E-state index contributed by atoms with van der Waals surface area (Å²) in [5.41, 5.74) is 2.43. The Bertz CT molecular complexity index is 1180. The number of carbonyl (C=O) groups excluding carboxylic acids is 3. The number of carboxylic acids is 1. The lowest BCUT2D eigenvalue weighted by atomic mass is 10.0. The predicted molar refractivity (Wildman–Crippen MR) is 157 cm³/mol. The lowest BCUT2D eigenvalue weighted by Gasteiger charge is -2.36. The summed E-state index contributed by atoms with van der Waals surface area (Å²) in [5.74, 6) is -2.05. The number of nitrogens with zero attached hydrogens (tertiary/aromatic N) is 3. The maximum Gasteiger partial charge on any atom is 0.409 e. The van der Waals surface area contributed by atoms with Crippen molar-refractivity contribution in [3.05, 3.63) is 53.7 Å². The third-order valence-corrected chi connectivity index (χ3v) is 7.13. The molecule has 11 nitrogen and oxygen atoms in total. The summed E-state index contributed by atoms with van der Waals surface area (Å²) >= 11 is 0. The highest BCUT2D eigenvalue weighted by Gasteiger charge is 2.31. The van der Waals surface area contributed by atoms with Gasteiger partial charge in [0, 0.05) is 44.8 Å². The van der Waals surface area contributed by atoms with E-state index in [1.54, 1.807) is 15.9 Å². The average molecular weight is 583 g/mol. The van der Waals surface area contributed by atoms with Crippen LogP contribution in [0.4, 0.5) is 4.79 Å². The van der Waals surface area contributed by atoms with Crippen LogP contribution in [0.15, 0.2) is 42.5 Å². The number of aliphatic hydroxyl groups is 1. The van der Waals surface area contributed by atoms with Crippen LogP contribution in [-0.4, -0.2) is 94.3 Å². The zero-order valence-electron chi connectivity index (χ0n) is 24.3. The average Bonchev–Trinajstić information content (AvgIpc) is 3.01. The largest absolute Gasteiger partial charge is 0.481 e. The molecule has 3 N–H and O–H groups in total. The van der Waals surface area contributed by atoms with Gasteiger partial charge in [0.2, 0.25) is 5.91 Å². The number of aromatic nitrogens is 1. The van der Waals surface area contributed by atoms with Crippen molar-refractivity contribution in [2.24, 2.45) is 0 Å². The van der Waals surface area contributed by atoms with Crippen LogP contribution in [0.3, 0.4) is 0 Å². The van der Waals surface area contributed by atoms with E-state index in [-0.39, 0.29) is 51.3 Å². The van der Waals surface area contributed by atoms with E-state index in [2.05, 4.69) is 17.2 Å². The second kappa shape index (κ2) is 17.1.